The molecule has 6 nitrogen and oxygen atoms in total. The Balaban J connectivity index is 0.00000132. The molecule has 2 aromatic rings. The average Bonchev–Trinajstić information content (AvgIpc) is 2.97. The van der Waals surface area contributed by atoms with E-state index in [4.69, 9.17) is 21.3 Å². The van der Waals surface area contributed by atoms with Crippen LogP contribution in [0.3, 0.4) is 0 Å². The fraction of sp³-hybridized carbons (Fsp3) is 0.609. The van der Waals surface area contributed by atoms with Crippen LogP contribution in [0.4, 0.5) is 15.0 Å². The van der Waals surface area contributed by atoms with Crippen LogP contribution in [0.25, 0.3) is 10.8 Å². The van der Waals surface area contributed by atoms with Gasteiger partial charge in [-0.2, -0.15) is 0 Å². The summed E-state index contributed by atoms with van der Waals surface area (Å²) in [4.78, 5) is 25.5. The van der Waals surface area contributed by atoms with Crippen LogP contribution in [0.1, 0.15) is 58.7 Å². The summed E-state index contributed by atoms with van der Waals surface area (Å²) >= 11 is 5.93. The lowest BCUT2D eigenvalue weighted by Gasteiger charge is -2.42. The van der Waals surface area contributed by atoms with Gasteiger partial charge in [-0.05, 0) is 53.0 Å². The predicted octanol–water partition coefficient (Wildman–Crippen LogP) is 5.65. The van der Waals surface area contributed by atoms with Crippen molar-refractivity contribution in [3.63, 3.8) is 0 Å². The number of halogens is 2. The highest BCUT2D eigenvalue weighted by Gasteiger charge is 2.45. The highest BCUT2D eigenvalue weighted by molar-refractivity contribution is 6.30. The molecule has 0 aliphatic carbocycles. The molecule has 2 aromatic heterocycles. The summed E-state index contributed by atoms with van der Waals surface area (Å²) < 4.78 is 20.4. The van der Waals surface area contributed by atoms with Crippen molar-refractivity contribution in [3.8, 4) is 0 Å². The standard InChI is InChI=1S/C21H26ClFN4O2.C2H6/c1-11-12(2)25-19(15-8-24-18(22)17(23)16(11)15)26-9-13-6-7-14(10-26)27(13)20(28)29-21(3,4)5;1-2/h8,13-14H,6-7,9-10H2,1-5H3;1-2H3. The minimum absolute atomic E-state index is 0.0483. The first-order valence-corrected chi connectivity index (χ1v) is 11.3. The number of ether oxygens (including phenoxy) is 1. The topological polar surface area (TPSA) is 58.6 Å². The average molecular weight is 451 g/mol. The summed E-state index contributed by atoms with van der Waals surface area (Å²) in [5.41, 5.74) is 0.999. The molecule has 0 aromatic carbocycles. The second-order valence-electron chi connectivity index (χ2n) is 8.98. The quantitative estimate of drug-likeness (QED) is 0.525. The van der Waals surface area contributed by atoms with E-state index in [2.05, 4.69) is 9.88 Å². The molecule has 2 fully saturated rings. The highest BCUT2D eigenvalue weighted by Crippen LogP contribution is 2.37. The van der Waals surface area contributed by atoms with Crippen LogP contribution in [0.15, 0.2) is 6.20 Å². The first kappa shape index (κ1) is 23.5. The molecule has 1 amide bonds. The molecule has 2 atom stereocenters. The maximum absolute atomic E-state index is 14.8. The van der Waals surface area contributed by atoms with Crippen LogP contribution in [-0.2, 0) is 4.74 Å². The number of piperazine rings is 1. The Morgan fingerprint density at radius 2 is 1.77 bits per heavy atom. The zero-order chi connectivity index (χ0) is 23.1. The van der Waals surface area contributed by atoms with Crippen LogP contribution in [0.2, 0.25) is 5.15 Å². The normalized spacial score (nSPS) is 20.5. The van der Waals surface area contributed by atoms with Crippen LogP contribution >= 0.6 is 11.6 Å². The Morgan fingerprint density at radius 1 is 1.19 bits per heavy atom. The third-order valence-electron chi connectivity index (χ3n) is 5.80. The number of aryl methyl sites for hydroxylation is 2. The van der Waals surface area contributed by atoms with E-state index in [1.54, 1.807) is 6.20 Å². The molecule has 4 heterocycles. The van der Waals surface area contributed by atoms with Crippen molar-refractivity contribution in [3.05, 3.63) is 28.4 Å². The van der Waals surface area contributed by atoms with E-state index in [0.717, 1.165) is 24.1 Å². The molecule has 2 saturated heterocycles. The number of fused-ring (bicyclic) bond motifs is 3. The van der Waals surface area contributed by atoms with Crippen LogP contribution < -0.4 is 4.90 Å². The van der Waals surface area contributed by atoms with E-state index in [1.165, 1.54) is 0 Å². The third kappa shape index (κ3) is 4.43. The van der Waals surface area contributed by atoms with Crippen molar-refractivity contribution in [2.45, 2.75) is 79.0 Å². The fourth-order valence-electron chi connectivity index (χ4n) is 4.41. The summed E-state index contributed by atoms with van der Waals surface area (Å²) in [5, 5.41) is 0.988. The summed E-state index contributed by atoms with van der Waals surface area (Å²) in [7, 11) is 0. The van der Waals surface area contributed by atoms with Crippen molar-refractivity contribution in [1.82, 2.24) is 14.9 Å². The molecule has 2 aliphatic rings. The van der Waals surface area contributed by atoms with Crippen LogP contribution in [0.5, 0.6) is 0 Å². The number of carbonyl (C=O) groups excluding carboxylic acids is 1. The first-order valence-electron chi connectivity index (χ1n) is 10.9. The molecular formula is C23H32ClFN4O2. The Labute approximate surface area is 188 Å². The minimum atomic E-state index is -0.526. The zero-order valence-corrected chi connectivity index (χ0v) is 20.2. The van der Waals surface area contributed by atoms with Crippen LogP contribution in [0, 0.1) is 19.7 Å². The van der Waals surface area contributed by atoms with Gasteiger partial charge in [0, 0.05) is 35.8 Å². The lowest BCUT2D eigenvalue weighted by Crippen LogP contribution is -2.57. The number of amides is 1. The molecule has 31 heavy (non-hydrogen) atoms. The lowest BCUT2D eigenvalue weighted by molar-refractivity contribution is 0.0123. The molecule has 0 radical (unpaired) electrons. The van der Waals surface area contributed by atoms with Gasteiger partial charge in [0.25, 0.3) is 0 Å². The van der Waals surface area contributed by atoms with E-state index in [-0.39, 0.29) is 23.3 Å². The maximum Gasteiger partial charge on any atom is 0.410 e. The number of carbonyl (C=O) groups is 1. The zero-order valence-electron chi connectivity index (χ0n) is 19.4. The molecule has 170 valence electrons. The molecule has 0 spiro atoms. The largest absolute Gasteiger partial charge is 0.444 e. The number of hydrogen-bond donors (Lipinski definition) is 0. The Morgan fingerprint density at radius 3 is 2.32 bits per heavy atom. The second-order valence-corrected chi connectivity index (χ2v) is 9.33. The van der Waals surface area contributed by atoms with Gasteiger partial charge in [0.15, 0.2) is 11.0 Å². The highest BCUT2D eigenvalue weighted by atomic mass is 35.5. The second kappa shape index (κ2) is 8.77. The van der Waals surface area contributed by atoms with Crippen molar-refractivity contribution in [1.29, 1.82) is 0 Å². The summed E-state index contributed by atoms with van der Waals surface area (Å²) in [5.74, 6) is 0.190. The van der Waals surface area contributed by atoms with Crippen molar-refractivity contribution < 1.29 is 13.9 Å². The van der Waals surface area contributed by atoms with Crippen LogP contribution in [-0.4, -0.2) is 51.7 Å². The lowest BCUT2D eigenvalue weighted by atomic mass is 10.1. The SMILES string of the molecule is CC.Cc1nc(N2CC3CCC(C2)N3C(=O)OC(C)(C)C)c2cnc(Cl)c(F)c2c1C. The molecule has 8 heteroatoms. The number of rotatable bonds is 1. The van der Waals surface area contributed by atoms with E-state index in [9.17, 15) is 9.18 Å². The van der Waals surface area contributed by atoms with E-state index < -0.39 is 11.4 Å². The maximum atomic E-state index is 14.8. The predicted molar refractivity (Wildman–Crippen MR) is 122 cm³/mol. The Kier molecular flexibility index (Phi) is 6.65. The molecule has 2 aliphatic heterocycles. The Hall–Kier alpha value is -2.15. The van der Waals surface area contributed by atoms with Gasteiger partial charge in [0.2, 0.25) is 0 Å². The molecule has 2 unspecified atom stereocenters. The van der Waals surface area contributed by atoms with Gasteiger partial charge in [0.1, 0.15) is 11.4 Å². The number of hydrogen-bond acceptors (Lipinski definition) is 5. The van der Waals surface area contributed by atoms with Crippen molar-refractivity contribution >= 4 is 34.3 Å². The smallest absolute Gasteiger partial charge is 0.410 e. The van der Waals surface area contributed by atoms with Gasteiger partial charge in [0.05, 0.1) is 12.1 Å². The number of aromatic nitrogens is 2. The molecule has 2 bridgehead atoms. The van der Waals surface area contributed by atoms with E-state index >= 15 is 0 Å². The van der Waals surface area contributed by atoms with Gasteiger partial charge in [-0.15, -0.1) is 0 Å². The summed E-state index contributed by atoms with van der Waals surface area (Å²) in [6.45, 7) is 14.6. The first-order chi connectivity index (χ1) is 14.6. The third-order valence-corrected chi connectivity index (χ3v) is 6.06. The number of anilines is 1. The monoisotopic (exact) mass is 450 g/mol. The summed E-state index contributed by atoms with van der Waals surface area (Å²) in [6, 6.07) is 0.0966. The van der Waals surface area contributed by atoms with E-state index in [1.807, 2.05) is 53.4 Å². The van der Waals surface area contributed by atoms with Gasteiger partial charge in [-0.25, -0.2) is 19.2 Å². The molecule has 4 rings (SSSR count). The van der Waals surface area contributed by atoms with E-state index in [0.29, 0.717) is 29.7 Å². The number of pyridine rings is 2. The van der Waals surface area contributed by atoms with Gasteiger partial charge in [-0.3, -0.25) is 4.90 Å². The molecule has 0 N–H and O–H groups in total. The molecule has 0 saturated carbocycles. The molecular weight excluding hydrogens is 419 g/mol. The number of nitrogens with zero attached hydrogens (tertiary/aromatic N) is 4. The Bertz CT molecular complexity index is 970. The van der Waals surface area contributed by atoms with Gasteiger partial charge in [-0.1, -0.05) is 25.4 Å². The fourth-order valence-corrected chi connectivity index (χ4v) is 4.56. The van der Waals surface area contributed by atoms with Crippen molar-refractivity contribution in [2.24, 2.45) is 0 Å². The van der Waals surface area contributed by atoms with Gasteiger partial charge < -0.3 is 9.64 Å². The van der Waals surface area contributed by atoms with Gasteiger partial charge >= 0.3 is 6.09 Å². The minimum Gasteiger partial charge on any atom is -0.444 e. The summed E-state index contributed by atoms with van der Waals surface area (Å²) in [6.07, 6.45) is 3.17. The van der Waals surface area contributed by atoms with Crippen molar-refractivity contribution in [2.75, 3.05) is 18.0 Å².